The van der Waals surface area contributed by atoms with Crippen molar-refractivity contribution in [1.29, 1.82) is 0 Å². The zero-order valence-corrected chi connectivity index (χ0v) is 13.7. The largest absolute Gasteiger partial charge is 0.386 e. The Bertz CT molecular complexity index is 610. The third-order valence-corrected chi connectivity index (χ3v) is 4.12. The highest BCUT2D eigenvalue weighted by Crippen LogP contribution is 2.20. The first-order valence-corrected chi connectivity index (χ1v) is 7.92. The van der Waals surface area contributed by atoms with Crippen LogP contribution in [0.4, 0.5) is 4.39 Å². The van der Waals surface area contributed by atoms with Crippen molar-refractivity contribution in [1.82, 2.24) is 9.47 Å². The molecule has 1 atom stereocenters. The van der Waals surface area contributed by atoms with E-state index in [9.17, 15) is 9.50 Å². The van der Waals surface area contributed by atoms with Crippen LogP contribution in [0.1, 0.15) is 31.2 Å². The van der Waals surface area contributed by atoms with E-state index in [0.717, 1.165) is 18.8 Å². The number of hydrogen-bond donors (Lipinski definition) is 1. The molecule has 0 amide bonds. The van der Waals surface area contributed by atoms with Gasteiger partial charge in [0.2, 0.25) is 0 Å². The molecular formula is C17H22ClFN2O. The highest BCUT2D eigenvalue weighted by molar-refractivity contribution is 6.30. The maximum absolute atomic E-state index is 13.9. The smallest absolute Gasteiger partial charge is 0.129 e. The van der Waals surface area contributed by atoms with Gasteiger partial charge in [0.05, 0.1) is 6.54 Å². The molecule has 1 unspecified atom stereocenters. The number of hydrogen-bond acceptors (Lipinski definition) is 2. The van der Waals surface area contributed by atoms with Crippen LogP contribution in [0.2, 0.25) is 5.02 Å². The topological polar surface area (TPSA) is 28.4 Å². The Kier molecular flexibility index (Phi) is 6.00. The first-order chi connectivity index (χ1) is 10.5. The molecule has 0 aliphatic heterocycles. The van der Waals surface area contributed by atoms with Gasteiger partial charge in [-0.25, -0.2) is 4.39 Å². The molecule has 1 heterocycles. The summed E-state index contributed by atoms with van der Waals surface area (Å²) in [5.74, 6) is -0.328. The van der Waals surface area contributed by atoms with E-state index in [2.05, 4.69) is 18.7 Å². The number of aromatic nitrogens is 1. The van der Waals surface area contributed by atoms with E-state index in [4.69, 9.17) is 11.6 Å². The summed E-state index contributed by atoms with van der Waals surface area (Å²) in [6.07, 6.45) is 1.26. The van der Waals surface area contributed by atoms with Gasteiger partial charge < -0.3 is 14.6 Å². The second-order valence-corrected chi connectivity index (χ2v) is 5.73. The molecule has 1 aromatic carbocycles. The molecule has 0 spiro atoms. The molecule has 1 aromatic heterocycles. The summed E-state index contributed by atoms with van der Waals surface area (Å²) in [6, 6.07) is 8.41. The Balaban J connectivity index is 2.15. The summed E-state index contributed by atoms with van der Waals surface area (Å²) >= 11 is 5.78. The number of halogens is 2. The summed E-state index contributed by atoms with van der Waals surface area (Å²) in [6.45, 7) is 6.86. The van der Waals surface area contributed by atoms with Crippen LogP contribution in [0.5, 0.6) is 0 Å². The minimum atomic E-state index is -0.592. The zero-order valence-electron chi connectivity index (χ0n) is 13.0. The number of benzene rings is 1. The van der Waals surface area contributed by atoms with Crippen LogP contribution in [0, 0.1) is 5.82 Å². The fraction of sp³-hybridized carbons (Fsp3) is 0.412. The first kappa shape index (κ1) is 17.0. The van der Waals surface area contributed by atoms with Gasteiger partial charge in [-0.1, -0.05) is 31.5 Å². The van der Waals surface area contributed by atoms with Gasteiger partial charge in [0.15, 0.2) is 0 Å². The predicted octanol–water partition coefficient (Wildman–Crippen LogP) is 3.70. The fourth-order valence-corrected chi connectivity index (χ4v) is 2.69. The van der Waals surface area contributed by atoms with E-state index >= 15 is 0 Å². The molecule has 0 fully saturated rings. The standard InChI is InChI=1S/C17H22ClFN2O/c1-3-20(4-2)12-17(22)16-6-5-9-21(16)11-13-7-8-14(18)10-15(13)19/h5-10,17,22H,3-4,11-12H2,1-2H3. The Labute approximate surface area is 135 Å². The predicted molar refractivity (Wildman–Crippen MR) is 87.7 cm³/mol. The molecule has 2 rings (SSSR count). The van der Waals surface area contributed by atoms with Gasteiger partial charge >= 0.3 is 0 Å². The third-order valence-electron chi connectivity index (χ3n) is 3.89. The Morgan fingerprint density at radius 2 is 2.00 bits per heavy atom. The number of likely N-dealkylation sites (N-methyl/N-ethyl adjacent to an activating group) is 1. The monoisotopic (exact) mass is 324 g/mol. The van der Waals surface area contributed by atoms with E-state index in [1.54, 1.807) is 12.1 Å². The van der Waals surface area contributed by atoms with Gasteiger partial charge in [0, 0.05) is 29.0 Å². The highest BCUT2D eigenvalue weighted by atomic mass is 35.5. The van der Waals surface area contributed by atoms with E-state index in [1.807, 2.05) is 22.9 Å². The molecule has 5 heteroatoms. The number of aliphatic hydroxyl groups is 1. The Hall–Kier alpha value is -1.36. The Morgan fingerprint density at radius 3 is 2.64 bits per heavy atom. The van der Waals surface area contributed by atoms with Gasteiger partial charge in [-0.15, -0.1) is 0 Å². The lowest BCUT2D eigenvalue weighted by atomic mass is 10.2. The SMILES string of the molecule is CCN(CC)CC(O)c1cccn1Cc1ccc(Cl)cc1F. The van der Waals surface area contributed by atoms with Crippen LogP contribution in [0.15, 0.2) is 36.5 Å². The van der Waals surface area contributed by atoms with E-state index in [0.29, 0.717) is 23.7 Å². The van der Waals surface area contributed by atoms with E-state index < -0.39 is 6.10 Å². The van der Waals surface area contributed by atoms with Gasteiger partial charge in [-0.2, -0.15) is 0 Å². The van der Waals surface area contributed by atoms with Crippen LogP contribution in [0.3, 0.4) is 0 Å². The molecule has 3 nitrogen and oxygen atoms in total. The number of rotatable bonds is 7. The average Bonchev–Trinajstić information content (AvgIpc) is 2.95. The average molecular weight is 325 g/mol. The third kappa shape index (κ3) is 4.09. The second kappa shape index (κ2) is 7.77. The van der Waals surface area contributed by atoms with Crippen LogP contribution in [0.25, 0.3) is 0 Å². The molecule has 1 N–H and O–H groups in total. The van der Waals surface area contributed by atoms with Gasteiger partial charge in [0.1, 0.15) is 11.9 Å². The van der Waals surface area contributed by atoms with Crippen LogP contribution in [-0.2, 0) is 6.54 Å². The zero-order chi connectivity index (χ0) is 16.1. The second-order valence-electron chi connectivity index (χ2n) is 5.30. The minimum absolute atomic E-state index is 0.328. The van der Waals surface area contributed by atoms with Crippen molar-refractivity contribution >= 4 is 11.6 Å². The lowest BCUT2D eigenvalue weighted by Gasteiger charge is -2.23. The van der Waals surface area contributed by atoms with Crippen LogP contribution < -0.4 is 0 Å². The molecule has 0 bridgehead atoms. The summed E-state index contributed by atoms with van der Waals surface area (Å²) in [4.78, 5) is 2.16. The molecule has 0 aliphatic carbocycles. The van der Waals surface area contributed by atoms with Gasteiger partial charge in [-0.05, 0) is 37.4 Å². The van der Waals surface area contributed by atoms with Crippen molar-refractivity contribution in [2.45, 2.75) is 26.5 Å². The van der Waals surface area contributed by atoms with Crippen molar-refractivity contribution in [3.63, 3.8) is 0 Å². The molecule has 120 valence electrons. The molecular weight excluding hydrogens is 303 g/mol. The fourth-order valence-electron chi connectivity index (χ4n) is 2.53. The maximum Gasteiger partial charge on any atom is 0.129 e. The van der Waals surface area contributed by atoms with Crippen LogP contribution >= 0.6 is 11.6 Å². The lowest BCUT2D eigenvalue weighted by molar-refractivity contribution is 0.112. The molecule has 22 heavy (non-hydrogen) atoms. The Morgan fingerprint density at radius 1 is 1.27 bits per heavy atom. The summed E-state index contributed by atoms with van der Waals surface area (Å²) < 4.78 is 15.8. The van der Waals surface area contributed by atoms with Crippen molar-refractivity contribution in [2.24, 2.45) is 0 Å². The number of nitrogens with zero attached hydrogens (tertiary/aromatic N) is 2. The van der Waals surface area contributed by atoms with E-state index in [1.165, 1.54) is 6.07 Å². The van der Waals surface area contributed by atoms with Crippen molar-refractivity contribution in [2.75, 3.05) is 19.6 Å². The molecule has 2 aromatic rings. The number of aliphatic hydroxyl groups excluding tert-OH is 1. The highest BCUT2D eigenvalue weighted by Gasteiger charge is 2.16. The van der Waals surface area contributed by atoms with Gasteiger partial charge in [0.25, 0.3) is 0 Å². The maximum atomic E-state index is 13.9. The summed E-state index contributed by atoms with van der Waals surface area (Å²) in [5.41, 5.74) is 1.35. The molecule has 0 saturated heterocycles. The van der Waals surface area contributed by atoms with Crippen molar-refractivity contribution in [3.05, 3.63) is 58.6 Å². The van der Waals surface area contributed by atoms with E-state index in [-0.39, 0.29) is 5.82 Å². The molecule has 0 saturated carbocycles. The molecule has 0 radical (unpaired) electrons. The molecule has 0 aliphatic rings. The minimum Gasteiger partial charge on any atom is -0.386 e. The lowest BCUT2D eigenvalue weighted by Crippen LogP contribution is -2.29. The van der Waals surface area contributed by atoms with Crippen molar-refractivity contribution < 1.29 is 9.50 Å². The summed E-state index contributed by atoms with van der Waals surface area (Å²) in [5, 5.41) is 10.8. The van der Waals surface area contributed by atoms with Gasteiger partial charge in [-0.3, -0.25) is 0 Å². The van der Waals surface area contributed by atoms with Crippen molar-refractivity contribution in [3.8, 4) is 0 Å². The van der Waals surface area contributed by atoms with Crippen LogP contribution in [-0.4, -0.2) is 34.2 Å². The normalized spacial score (nSPS) is 12.8. The summed E-state index contributed by atoms with van der Waals surface area (Å²) in [7, 11) is 0. The quantitative estimate of drug-likeness (QED) is 0.841. The first-order valence-electron chi connectivity index (χ1n) is 7.54.